The molecule has 0 atom stereocenters. The zero-order chi connectivity index (χ0) is 23.3. The summed E-state index contributed by atoms with van der Waals surface area (Å²) in [4.78, 5) is 28.2. The number of rotatable bonds is 13. The van der Waals surface area contributed by atoms with Crippen LogP contribution in [0.3, 0.4) is 0 Å². The summed E-state index contributed by atoms with van der Waals surface area (Å²) in [6.07, 6.45) is 15.3. The Morgan fingerprint density at radius 2 is 1.79 bits per heavy atom. The second kappa shape index (κ2) is 13.8. The maximum absolute atomic E-state index is 12.3. The van der Waals surface area contributed by atoms with Gasteiger partial charge in [0.15, 0.2) is 11.6 Å². The van der Waals surface area contributed by atoms with Crippen LogP contribution in [0.15, 0.2) is 34.9 Å². The monoisotopic (exact) mass is 454 g/mol. The van der Waals surface area contributed by atoms with E-state index in [9.17, 15) is 9.59 Å². The van der Waals surface area contributed by atoms with Crippen molar-refractivity contribution in [3.05, 3.63) is 53.2 Å². The number of carbonyl (C=O) groups excluding carboxylic acids is 2. The van der Waals surface area contributed by atoms with E-state index in [1.807, 2.05) is 12.1 Å². The average Bonchev–Trinajstić information content (AvgIpc) is 3.32. The van der Waals surface area contributed by atoms with E-state index in [0.717, 1.165) is 25.2 Å². The van der Waals surface area contributed by atoms with Gasteiger partial charge in [0, 0.05) is 19.4 Å². The molecule has 2 aromatic rings. The third-order valence-corrected chi connectivity index (χ3v) is 6.62. The third-order valence-electron chi connectivity index (χ3n) is 6.62. The molecule has 1 aromatic heterocycles. The summed E-state index contributed by atoms with van der Waals surface area (Å²) < 4.78 is 10.3. The Kier molecular flexibility index (Phi) is 10.5. The summed E-state index contributed by atoms with van der Waals surface area (Å²) in [5.74, 6) is 1.13. The molecule has 1 fully saturated rings. The highest BCUT2D eigenvalue weighted by molar-refractivity contribution is 5.91. The third kappa shape index (κ3) is 8.67. The number of amides is 1. The lowest BCUT2D eigenvalue weighted by atomic mass is 9.86. The van der Waals surface area contributed by atoms with Gasteiger partial charge in [-0.2, -0.15) is 0 Å². The molecule has 6 nitrogen and oxygen atoms in total. The van der Waals surface area contributed by atoms with E-state index in [4.69, 9.17) is 9.15 Å². The van der Waals surface area contributed by atoms with Gasteiger partial charge in [0.2, 0.25) is 0 Å². The number of carbonyl (C=O) groups is 2. The SMILES string of the molecule is COC(=O)CCc1ccccc1CCCc1nc(C(=O)NCCCCC2CCCCC2)co1. The van der Waals surface area contributed by atoms with Crippen LogP contribution in [-0.4, -0.2) is 30.5 Å². The van der Waals surface area contributed by atoms with E-state index in [-0.39, 0.29) is 11.9 Å². The number of methoxy groups -OCH3 is 1. The van der Waals surface area contributed by atoms with Gasteiger partial charge in [-0.1, -0.05) is 69.2 Å². The number of nitrogens with zero attached hydrogens (tertiary/aromatic N) is 1. The highest BCUT2D eigenvalue weighted by Gasteiger charge is 2.14. The molecule has 180 valence electrons. The standard InChI is InChI=1S/C27H38N2O4/c1-32-26(30)18-17-23-14-6-5-13-22(23)15-9-16-25-29-24(20-33-25)27(31)28-19-8-7-12-21-10-3-2-4-11-21/h5-6,13-14,20-21H,2-4,7-12,15-19H2,1H3,(H,28,31). The van der Waals surface area contributed by atoms with E-state index in [2.05, 4.69) is 22.4 Å². The molecule has 1 saturated carbocycles. The molecule has 0 radical (unpaired) electrons. The van der Waals surface area contributed by atoms with Gasteiger partial charge in [0.1, 0.15) is 6.26 Å². The summed E-state index contributed by atoms with van der Waals surface area (Å²) in [6.45, 7) is 0.691. The molecule has 0 bridgehead atoms. The molecule has 33 heavy (non-hydrogen) atoms. The predicted molar refractivity (Wildman–Crippen MR) is 128 cm³/mol. The van der Waals surface area contributed by atoms with Crippen molar-refractivity contribution < 1.29 is 18.7 Å². The highest BCUT2D eigenvalue weighted by Crippen LogP contribution is 2.27. The van der Waals surface area contributed by atoms with Crippen LogP contribution in [0.2, 0.25) is 0 Å². The summed E-state index contributed by atoms with van der Waals surface area (Å²) in [7, 11) is 1.41. The zero-order valence-corrected chi connectivity index (χ0v) is 19.9. The van der Waals surface area contributed by atoms with E-state index >= 15 is 0 Å². The van der Waals surface area contributed by atoms with Crippen LogP contribution in [0.1, 0.15) is 91.7 Å². The first-order valence-corrected chi connectivity index (χ1v) is 12.5. The lowest BCUT2D eigenvalue weighted by Crippen LogP contribution is -2.24. The Morgan fingerprint density at radius 1 is 1.03 bits per heavy atom. The first kappa shape index (κ1) is 25.0. The molecule has 1 aliphatic carbocycles. The Balaban J connectivity index is 1.35. The van der Waals surface area contributed by atoms with Gasteiger partial charge in [0.25, 0.3) is 5.91 Å². The molecule has 3 rings (SSSR count). The Bertz CT molecular complexity index is 871. The molecule has 1 amide bonds. The van der Waals surface area contributed by atoms with Crippen molar-refractivity contribution in [2.24, 2.45) is 5.92 Å². The van der Waals surface area contributed by atoms with Crippen LogP contribution in [0.25, 0.3) is 0 Å². The maximum atomic E-state index is 12.3. The van der Waals surface area contributed by atoms with Crippen molar-refractivity contribution in [1.82, 2.24) is 10.3 Å². The second-order valence-electron chi connectivity index (χ2n) is 9.08. The maximum Gasteiger partial charge on any atom is 0.305 e. The van der Waals surface area contributed by atoms with Gasteiger partial charge in [0.05, 0.1) is 7.11 Å². The van der Waals surface area contributed by atoms with Crippen molar-refractivity contribution in [2.45, 2.75) is 83.5 Å². The number of unbranched alkanes of at least 4 members (excludes halogenated alkanes) is 1. The summed E-state index contributed by atoms with van der Waals surface area (Å²) in [5, 5.41) is 2.97. The topological polar surface area (TPSA) is 81.4 Å². The largest absolute Gasteiger partial charge is 0.469 e. The zero-order valence-electron chi connectivity index (χ0n) is 19.9. The smallest absolute Gasteiger partial charge is 0.305 e. The number of aromatic nitrogens is 1. The van der Waals surface area contributed by atoms with Crippen LogP contribution in [0.5, 0.6) is 0 Å². The summed E-state index contributed by atoms with van der Waals surface area (Å²) >= 11 is 0. The highest BCUT2D eigenvalue weighted by atomic mass is 16.5. The summed E-state index contributed by atoms with van der Waals surface area (Å²) in [5.41, 5.74) is 2.74. The molecule has 1 heterocycles. The molecule has 1 N–H and O–H groups in total. The van der Waals surface area contributed by atoms with Gasteiger partial charge >= 0.3 is 5.97 Å². The van der Waals surface area contributed by atoms with Crippen LogP contribution in [0, 0.1) is 5.92 Å². The fourth-order valence-corrected chi connectivity index (χ4v) is 4.67. The Labute approximate surface area is 197 Å². The minimum Gasteiger partial charge on any atom is -0.469 e. The first-order valence-electron chi connectivity index (χ1n) is 12.5. The average molecular weight is 455 g/mol. The van der Waals surface area contributed by atoms with E-state index in [1.54, 1.807) is 0 Å². The van der Waals surface area contributed by atoms with Gasteiger partial charge in [-0.3, -0.25) is 9.59 Å². The van der Waals surface area contributed by atoms with Crippen molar-refractivity contribution in [3.8, 4) is 0 Å². The first-order chi connectivity index (χ1) is 16.2. The molecule has 0 aliphatic heterocycles. The molecule has 1 aromatic carbocycles. The van der Waals surface area contributed by atoms with Crippen molar-refractivity contribution in [2.75, 3.05) is 13.7 Å². The number of hydrogen-bond donors (Lipinski definition) is 1. The molecule has 1 aliphatic rings. The van der Waals surface area contributed by atoms with E-state index in [1.165, 1.54) is 69.4 Å². The van der Waals surface area contributed by atoms with Crippen molar-refractivity contribution in [3.63, 3.8) is 0 Å². The number of hydrogen-bond acceptors (Lipinski definition) is 5. The van der Waals surface area contributed by atoms with Gasteiger partial charge in [-0.25, -0.2) is 4.98 Å². The molecule has 0 saturated heterocycles. The number of benzene rings is 1. The number of oxazole rings is 1. The Hall–Kier alpha value is -2.63. The number of ether oxygens (including phenoxy) is 1. The number of esters is 1. The van der Waals surface area contributed by atoms with Crippen LogP contribution < -0.4 is 5.32 Å². The van der Waals surface area contributed by atoms with Gasteiger partial charge in [-0.15, -0.1) is 0 Å². The van der Waals surface area contributed by atoms with Crippen LogP contribution in [0.4, 0.5) is 0 Å². The van der Waals surface area contributed by atoms with Crippen molar-refractivity contribution >= 4 is 11.9 Å². The Morgan fingerprint density at radius 3 is 2.55 bits per heavy atom. The predicted octanol–water partition coefficient (Wildman–Crippen LogP) is 5.44. The normalized spacial score (nSPS) is 14.2. The quantitative estimate of drug-likeness (QED) is 0.322. The van der Waals surface area contributed by atoms with Crippen LogP contribution >= 0.6 is 0 Å². The van der Waals surface area contributed by atoms with E-state index < -0.39 is 0 Å². The molecular weight excluding hydrogens is 416 g/mol. The van der Waals surface area contributed by atoms with Gasteiger partial charge < -0.3 is 14.5 Å². The molecule has 0 spiro atoms. The van der Waals surface area contributed by atoms with Gasteiger partial charge in [-0.05, 0) is 42.7 Å². The lowest BCUT2D eigenvalue weighted by molar-refractivity contribution is -0.140. The molecular formula is C27H38N2O4. The molecule has 6 heteroatoms. The minimum absolute atomic E-state index is 0.157. The fourth-order valence-electron chi connectivity index (χ4n) is 4.67. The van der Waals surface area contributed by atoms with Crippen molar-refractivity contribution in [1.29, 1.82) is 0 Å². The lowest BCUT2D eigenvalue weighted by Gasteiger charge is -2.21. The number of aryl methyl sites for hydroxylation is 3. The van der Waals surface area contributed by atoms with Crippen LogP contribution in [-0.2, 0) is 28.8 Å². The summed E-state index contributed by atoms with van der Waals surface area (Å²) in [6, 6.07) is 8.15. The van der Waals surface area contributed by atoms with E-state index in [0.29, 0.717) is 37.4 Å². The number of nitrogens with one attached hydrogen (secondary N) is 1. The fraction of sp³-hybridized carbons (Fsp3) is 0.593. The molecule has 0 unspecified atom stereocenters. The minimum atomic E-state index is -0.195. The second-order valence-corrected chi connectivity index (χ2v) is 9.08.